The summed E-state index contributed by atoms with van der Waals surface area (Å²) in [5.41, 5.74) is 4.86. The number of anilines is 1. The van der Waals surface area contributed by atoms with Crippen LogP contribution in [0, 0.1) is 0 Å². The first-order chi connectivity index (χ1) is 19.0. The number of pyridine rings is 2. The molecule has 1 amide bonds. The summed E-state index contributed by atoms with van der Waals surface area (Å²) >= 11 is 0. The van der Waals surface area contributed by atoms with Crippen LogP contribution in [0.5, 0.6) is 5.88 Å². The van der Waals surface area contributed by atoms with Crippen LogP contribution in [0.25, 0.3) is 38.9 Å². The van der Waals surface area contributed by atoms with Crippen LogP contribution in [0.1, 0.15) is 6.42 Å². The summed E-state index contributed by atoms with van der Waals surface area (Å²) < 4.78 is 12.9. The molecule has 5 aromatic rings. The number of likely N-dealkylation sites (N-methyl/N-ethyl adjacent to an activating group) is 1. The Labute approximate surface area is 225 Å². The monoisotopic (exact) mass is 523 g/mol. The fourth-order valence-electron chi connectivity index (χ4n) is 5.13. The number of nitrogens with one attached hydrogen (secondary N) is 2. The van der Waals surface area contributed by atoms with Crippen molar-refractivity contribution in [1.82, 2.24) is 19.8 Å². The van der Waals surface area contributed by atoms with Gasteiger partial charge in [-0.1, -0.05) is 12.1 Å². The number of amides is 1. The molecular weight excluding hydrogens is 494 g/mol. The lowest BCUT2D eigenvalue weighted by Crippen LogP contribution is -2.50. The van der Waals surface area contributed by atoms with E-state index in [4.69, 9.17) is 9.15 Å². The van der Waals surface area contributed by atoms with Gasteiger partial charge in [-0.3, -0.25) is 14.2 Å². The molecule has 2 aromatic carbocycles. The molecule has 0 aliphatic carbocycles. The number of hydrogen-bond donors (Lipinski definition) is 2. The fraction of sp³-hybridized carbons (Fsp3) is 0.233. The number of nitrogens with zero attached hydrogens (tertiary/aromatic N) is 3. The lowest BCUT2D eigenvalue weighted by atomic mass is 10.1. The number of fused-ring (bicyclic) bond motifs is 3. The van der Waals surface area contributed by atoms with E-state index in [0.29, 0.717) is 40.4 Å². The highest BCUT2D eigenvalue weighted by molar-refractivity contribution is 6.05. The zero-order valence-corrected chi connectivity index (χ0v) is 21.8. The number of methoxy groups -OCH3 is 1. The van der Waals surface area contributed by atoms with Crippen molar-refractivity contribution in [3.63, 3.8) is 0 Å². The number of aromatic nitrogens is 2. The van der Waals surface area contributed by atoms with Crippen LogP contribution in [0.15, 0.2) is 82.1 Å². The molecule has 0 spiro atoms. The Morgan fingerprint density at radius 1 is 1.10 bits per heavy atom. The van der Waals surface area contributed by atoms with E-state index in [2.05, 4.69) is 20.5 Å². The van der Waals surface area contributed by atoms with E-state index in [0.717, 1.165) is 36.1 Å². The number of piperazine rings is 1. The van der Waals surface area contributed by atoms with Crippen molar-refractivity contribution in [1.29, 1.82) is 0 Å². The fourth-order valence-corrected chi connectivity index (χ4v) is 5.13. The van der Waals surface area contributed by atoms with E-state index in [9.17, 15) is 9.59 Å². The van der Waals surface area contributed by atoms with Crippen molar-refractivity contribution in [2.24, 2.45) is 0 Å². The maximum atomic E-state index is 13.2. The largest absolute Gasteiger partial charge is 0.481 e. The quantitative estimate of drug-likeness (QED) is 0.346. The third-order valence-electron chi connectivity index (χ3n) is 7.24. The van der Waals surface area contributed by atoms with Crippen molar-refractivity contribution >= 4 is 33.7 Å². The summed E-state index contributed by atoms with van der Waals surface area (Å²) in [6.07, 6.45) is 2.14. The molecule has 1 unspecified atom stereocenters. The van der Waals surface area contributed by atoms with E-state index >= 15 is 0 Å². The molecule has 3 aromatic heterocycles. The van der Waals surface area contributed by atoms with E-state index in [1.165, 1.54) is 6.07 Å². The Morgan fingerprint density at radius 2 is 1.95 bits per heavy atom. The molecule has 1 aliphatic heterocycles. The molecular formula is C30H29N5O4. The summed E-state index contributed by atoms with van der Waals surface area (Å²) in [7, 11) is 3.62. The van der Waals surface area contributed by atoms with E-state index in [1.807, 2.05) is 61.6 Å². The molecule has 0 bridgehead atoms. The number of rotatable bonds is 6. The summed E-state index contributed by atoms with van der Waals surface area (Å²) in [5.74, 6) is 0.474. The van der Waals surface area contributed by atoms with Gasteiger partial charge < -0.3 is 24.7 Å². The highest BCUT2D eigenvalue weighted by Gasteiger charge is 2.22. The number of furan rings is 1. The molecule has 4 heterocycles. The number of benzene rings is 2. The maximum Gasteiger partial charge on any atom is 0.255 e. The van der Waals surface area contributed by atoms with Crippen LogP contribution in [-0.2, 0) is 4.79 Å². The molecule has 6 rings (SSSR count). The molecule has 1 saturated heterocycles. The molecule has 2 N–H and O–H groups in total. The molecule has 9 heteroatoms. The van der Waals surface area contributed by atoms with Crippen molar-refractivity contribution in [3.8, 4) is 22.7 Å². The molecule has 0 saturated carbocycles. The summed E-state index contributed by atoms with van der Waals surface area (Å²) in [4.78, 5) is 32.6. The lowest BCUT2D eigenvalue weighted by molar-refractivity contribution is -0.117. The third-order valence-corrected chi connectivity index (χ3v) is 7.24. The van der Waals surface area contributed by atoms with Crippen LogP contribution < -0.4 is 20.9 Å². The predicted octanol–water partition coefficient (Wildman–Crippen LogP) is 4.04. The predicted molar refractivity (Wildman–Crippen MR) is 152 cm³/mol. The van der Waals surface area contributed by atoms with Crippen LogP contribution in [-0.4, -0.2) is 60.2 Å². The van der Waals surface area contributed by atoms with Gasteiger partial charge >= 0.3 is 0 Å². The highest BCUT2D eigenvalue weighted by Crippen LogP contribution is 2.33. The Hall–Kier alpha value is -4.47. The zero-order valence-electron chi connectivity index (χ0n) is 21.8. The molecule has 0 radical (unpaired) electrons. The standard InChI is InChI=1S/C30H29N5O4/c1-34-13-12-31-18-23(34)16-27(36)33-21-4-3-5-22(15-21)35-29(37)11-9-26-30(35)24-14-19(6-8-25(24)39-26)20-7-10-28(38-2)32-17-20/h3-11,14-15,17,23,31H,12-13,16,18H2,1-2H3,(H,33,36). The first-order valence-corrected chi connectivity index (χ1v) is 12.9. The Bertz CT molecular complexity index is 1720. The SMILES string of the molecule is COc1ccc(-c2ccc3oc4ccc(=O)n(-c5cccc(NC(=O)CC6CNCCN6C)c5)c4c3c2)cn1. The van der Waals surface area contributed by atoms with Gasteiger partial charge in [0, 0.05) is 67.1 Å². The van der Waals surface area contributed by atoms with E-state index in [-0.39, 0.29) is 17.5 Å². The number of carbonyl (C=O) groups is 1. The van der Waals surface area contributed by atoms with Crippen molar-refractivity contribution in [2.75, 3.05) is 39.1 Å². The normalized spacial score (nSPS) is 16.0. The topological polar surface area (TPSA) is 102 Å². The highest BCUT2D eigenvalue weighted by atomic mass is 16.5. The van der Waals surface area contributed by atoms with Gasteiger partial charge in [-0.05, 0) is 55.1 Å². The van der Waals surface area contributed by atoms with Gasteiger partial charge in [-0.2, -0.15) is 0 Å². The van der Waals surface area contributed by atoms with E-state index in [1.54, 1.807) is 23.9 Å². The van der Waals surface area contributed by atoms with Gasteiger partial charge in [0.25, 0.3) is 5.56 Å². The Balaban J connectivity index is 1.37. The molecule has 39 heavy (non-hydrogen) atoms. The molecule has 198 valence electrons. The van der Waals surface area contributed by atoms with E-state index < -0.39 is 0 Å². The minimum atomic E-state index is -0.194. The Morgan fingerprint density at radius 3 is 2.74 bits per heavy atom. The molecule has 9 nitrogen and oxygen atoms in total. The second-order valence-corrected chi connectivity index (χ2v) is 9.76. The zero-order chi connectivity index (χ0) is 26.9. The average molecular weight is 524 g/mol. The van der Waals surface area contributed by atoms with Crippen LogP contribution in [0.2, 0.25) is 0 Å². The second-order valence-electron chi connectivity index (χ2n) is 9.76. The lowest BCUT2D eigenvalue weighted by Gasteiger charge is -2.32. The van der Waals surface area contributed by atoms with Gasteiger partial charge in [0.05, 0.1) is 12.8 Å². The second kappa shape index (κ2) is 10.4. The first kappa shape index (κ1) is 24.8. The van der Waals surface area contributed by atoms with Gasteiger partial charge in [0.2, 0.25) is 11.8 Å². The van der Waals surface area contributed by atoms with Crippen LogP contribution in [0.4, 0.5) is 5.69 Å². The number of carbonyl (C=O) groups excluding carboxylic acids is 1. The van der Waals surface area contributed by atoms with Gasteiger partial charge in [-0.25, -0.2) is 4.98 Å². The summed E-state index contributed by atoms with van der Waals surface area (Å²) in [6.45, 7) is 2.62. The summed E-state index contributed by atoms with van der Waals surface area (Å²) in [6, 6.07) is 20.3. The van der Waals surface area contributed by atoms with Gasteiger partial charge in [0.1, 0.15) is 11.1 Å². The van der Waals surface area contributed by atoms with Crippen molar-refractivity contribution in [2.45, 2.75) is 12.5 Å². The van der Waals surface area contributed by atoms with Gasteiger partial charge in [-0.15, -0.1) is 0 Å². The third kappa shape index (κ3) is 4.89. The molecule has 1 fully saturated rings. The molecule has 1 aliphatic rings. The maximum absolute atomic E-state index is 13.2. The smallest absolute Gasteiger partial charge is 0.255 e. The minimum Gasteiger partial charge on any atom is -0.481 e. The average Bonchev–Trinajstić information content (AvgIpc) is 3.32. The van der Waals surface area contributed by atoms with Crippen LogP contribution in [0.3, 0.4) is 0 Å². The van der Waals surface area contributed by atoms with Crippen molar-refractivity contribution < 1.29 is 13.9 Å². The van der Waals surface area contributed by atoms with Gasteiger partial charge in [0.15, 0.2) is 5.58 Å². The minimum absolute atomic E-state index is 0.0650. The molecule has 1 atom stereocenters. The summed E-state index contributed by atoms with van der Waals surface area (Å²) in [5, 5.41) is 7.16. The Kier molecular flexibility index (Phi) is 6.60. The first-order valence-electron chi connectivity index (χ1n) is 12.9. The van der Waals surface area contributed by atoms with Crippen molar-refractivity contribution in [3.05, 3.63) is 83.3 Å². The van der Waals surface area contributed by atoms with Crippen LogP contribution >= 0.6 is 0 Å². The number of hydrogen-bond acceptors (Lipinski definition) is 7. The number of ether oxygens (including phenoxy) is 1.